The number of carbonyl (C=O) groups is 1. The first-order valence-corrected chi connectivity index (χ1v) is 8.01. The van der Waals surface area contributed by atoms with Gasteiger partial charge in [0.15, 0.2) is 5.82 Å². The van der Waals surface area contributed by atoms with Gasteiger partial charge in [-0.1, -0.05) is 39.7 Å². The third-order valence-electron chi connectivity index (χ3n) is 3.32. The Hall–Kier alpha value is -2.44. The SMILES string of the molecule is O=C(O)c1ccc2c(=O)[nH]c(/C(Cl)=C/c3cccc(Br)c3)nc2c1. The molecule has 0 fully saturated rings. The van der Waals surface area contributed by atoms with Crippen molar-refractivity contribution in [2.75, 3.05) is 0 Å². The van der Waals surface area contributed by atoms with Crippen LogP contribution in [0.25, 0.3) is 22.0 Å². The predicted molar refractivity (Wildman–Crippen MR) is 97.2 cm³/mol. The minimum Gasteiger partial charge on any atom is -0.478 e. The Bertz CT molecular complexity index is 1040. The van der Waals surface area contributed by atoms with Crippen LogP contribution in [0, 0.1) is 0 Å². The van der Waals surface area contributed by atoms with E-state index in [9.17, 15) is 9.59 Å². The Morgan fingerprint density at radius 3 is 2.75 bits per heavy atom. The Morgan fingerprint density at radius 2 is 2.04 bits per heavy atom. The van der Waals surface area contributed by atoms with Crippen LogP contribution in [-0.4, -0.2) is 21.0 Å². The van der Waals surface area contributed by atoms with E-state index in [-0.39, 0.29) is 27.5 Å². The van der Waals surface area contributed by atoms with Crippen molar-refractivity contribution in [2.24, 2.45) is 0 Å². The van der Waals surface area contributed by atoms with Crippen molar-refractivity contribution in [3.63, 3.8) is 0 Å². The number of halogens is 2. The second-order valence-electron chi connectivity index (χ2n) is 5.00. The number of nitrogens with zero attached hydrogens (tertiary/aromatic N) is 1. The lowest BCUT2D eigenvalue weighted by atomic mass is 10.1. The number of aromatic carboxylic acids is 1. The molecule has 0 unspecified atom stereocenters. The highest BCUT2D eigenvalue weighted by Gasteiger charge is 2.10. The largest absolute Gasteiger partial charge is 0.478 e. The number of H-pyrrole nitrogens is 1. The van der Waals surface area contributed by atoms with Gasteiger partial charge in [0, 0.05) is 4.47 Å². The third-order valence-corrected chi connectivity index (χ3v) is 4.10. The fourth-order valence-electron chi connectivity index (χ4n) is 2.20. The van der Waals surface area contributed by atoms with Crippen LogP contribution in [0.15, 0.2) is 51.7 Å². The molecule has 0 aliphatic heterocycles. The molecule has 1 aromatic heterocycles. The predicted octanol–water partition coefficient (Wildman–Crippen LogP) is 4.12. The van der Waals surface area contributed by atoms with Gasteiger partial charge in [0.25, 0.3) is 5.56 Å². The maximum Gasteiger partial charge on any atom is 0.335 e. The molecule has 24 heavy (non-hydrogen) atoms. The van der Waals surface area contributed by atoms with Gasteiger partial charge in [0.1, 0.15) is 0 Å². The lowest BCUT2D eigenvalue weighted by Crippen LogP contribution is -2.11. The van der Waals surface area contributed by atoms with Crippen molar-refractivity contribution in [3.05, 3.63) is 74.2 Å². The second kappa shape index (κ2) is 6.59. The molecule has 0 spiro atoms. The number of hydrogen-bond acceptors (Lipinski definition) is 3. The van der Waals surface area contributed by atoms with Crippen LogP contribution in [0.2, 0.25) is 0 Å². The van der Waals surface area contributed by atoms with Crippen molar-refractivity contribution in [1.29, 1.82) is 0 Å². The fraction of sp³-hybridized carbons (Fsp3) is 0. The van der Waals surface area contributed by atoms with Gasteiger partial charge in [-0.15, -0.1) is 0 Å². The minimum atomic E-state index is -1.09. The molecule has 0 atom stereocenters. The molecule has 3 aromatic rings. The number of aromatic nitrogens is 2. The number of fused-ring (bicyclic) bond motifs is 1. The summed E-state index contributed by atoms with van der Waals surface area (Å²) in [7, 11) is 0. The molecule has 7 heteroatoms. The van der Waals surface area contributed by atoms with Gasteiger partial charge in [-0.2, -0.15) is 0 Å². The highest BCUT2D eigenvalue weighted by Crippen LogP contribution is 2.22. The van der Waals surface area contributed by atoms with E-state index in [1.807, 2.05) is 24.3 Å². The first kappa shape index (κ1) is 16.4. The smallest absolute Gasteiger partial charge is 0.335 e. The Balaban J connectivity index is 2.12. The molecule has 0 saturated carbocycles. The number of aromatic amines is 1. The molecule has 0 aliphatic rings. The average molecular weight is 406 g/mol. The van der Waals surface area contributed by atoms with E-state index in [0.717, 1.165) is 10.0 Å². The quantitative estimate of drug-likeness (QED) is 0.686. The van der Waals surface area contributed by atoms with E-state index < -0.39 is 5.97 Å². The van der Waals surface area contributed by atoms with Crippen LogP contribution >= 0.6 is 27.5 Å². The first-order valence-electron chi connectivity index (χ1n) is 6.84. The number of hydrogen-bond donors (Lipinski definition) is 2. The van der Waals surface area contributed by atoms with Crippen LogP contribution < -0.4 is 5.56 Å². The molecule has 0 radical (unpaired) electrons. The van der Waals surface area contributed by atoms with Gasteiger partial charge >= 0.3 is 5.97 Å². The van der Waals surface area contributed by atoms with Crippen molar-refractivity contribution >= 4 is 55.5 Å². The van der Waals surface area contributed by atoms with Gasteiger partial charge < -0.3 is 10.1 Å². The molecular weight excluding hydrogens is 396 g/mol. The van der Waals surface area contributed by atoms with E-state index in [0.29, 0.717) is 5.39 Å². The van der Waals surface area contributed by atoms with E-state index >= 15 is 0 Å². The molecule has 1 heterocycles. The topological polar surface area (TPSA) is 83.0 Å². The third kappa shape index (κ3) is 3.39. The van der Waals surface area contributed by atoms with E-state index in [2.05, 4.69) is 25.9 Å². The van der Waals surface area contributed by atoms with Gasteiger partial charge in [-0.3, -0.25) is 4.79 Å². The normalized spacial score (nSPS) is 11.7. The summed E-state index contributed by atoms with van der Waals surface area (Å²) in [6.45, 7) is 0. The first-order chi connectivity index (χ1) is 11.4. The summed E-state index contributed by atoms with van der Waals surface area (Å²) < 4.78 is 0.895. The Kier molecular flexibility index (Phi) is 4.51. The molecule has 0 saturated heterocycles. The molecule has 3 rings (SSSR count). The lowest BCUT2D eigenvalue weighted by molar-refractivity contribution is 0.0697. The highest BCUT2D eigenvalue weighted by atomic mass is 79.9. The van der Waals surface area contributed by atoms with E-state index in [1.165, 1.54) is 18.2 Å². The molecule has 0 bridgehead atoms. The van der Waals surface area contributed by atoms with Crippen molar-refractivity contribution < 1.29 is 9.90 Å². The molecule has 2 aromatic carbocycles. The molecule has 0 aliphatic carbocycles. The van der Waals surface area contributed by atoms with Crippen molar-refractivity contribution in [3.8, 4) is 0 Å². The van der Waals surface area contributed by atoms with Crippen LogP contribution in [-0.2, 0) is 0 Å². The second-order valence-corrected chi connectivity index (χ2v) is 6.32. The summed E-state index contributed by atoms with van der Waals surface area (Å²) in [6, 6.07) is 11.6. The summed E-state index contributed by atoms with van der Waals surface area (Å²) in [5, 5.41) is 9.60. The van der Waals surface area contributed by atoms with Crippen LogP contribution in [0.1, 0.15) is 21.7 Å². The summed E-state index contributed by atoms with van der Waals surface area (Å²) in [6.07, 6.45) is 1.66. The van der Waals surface area contributed by atoms with Crippen LogP contribution in [0.4, 0.5) is 0 Å². The summed E-state index contributed by atoms with van der Waals surface area (Å²) in [5.41, 5.74) is 0.775. The Morgan fingerprint density at radius 1 is 1.25 bits per heavy atom. The minimum absolute atomic E-state index is 0.0543. The van der Waals surface area contributed by atoms with Gasteiger partial charge in [-0.25, -0.2) is 9.78 Å². The van der Waals surface area contributed by atoms with Crippen LogP contribution in [0.5, 0.6) is 0 Å². The summed E-state index contributed by atoms with van der Waals surface area (Å²) in [4.78, 5) is 30.1. The summed E-state index contributed by atoms with van der Waals surface area (Å²) >= 11 is 9.64. The van der Waals surface area contributed by atoms with Gasteiger partial charge in [0.2, 0.25) is 0 Å². The number of carboxylic acids is 1. The zero-order valence-corrected chi connectivity index (χ0v) is 14.4. The molecule has 0 amide bonds. The molecule has 120 valence electrons. The Labute approximate surface area is 149 Å². The zero-order valence-electron chi connectivity index (χ0n) is 12.1. The average Bonchev–Trinajstić information content (AvgIpc) is 2.54. The van der Waals surface area contributed by atoms with Crippen molar-refractivity contribution in [2.45, 2.75) is 0 Å². The maximum atomic E-state index is 12.2. The van der Waals surface area contributed by atoms with Crippen LogP contribution in [0.3, 0.4) is 0 Å². The number of nitrogens with one attached hydrogen (secondary N) is 1. The maximum absolute atomic E-state index is 12.2. The summed E-state index contributed by atoms with van der Waals surface area (Å²) in [5.74, 6) is -0.909. The van der Waals surface area contributed by atoms with Gasteiger partial charge in [0.05, 0.1) is 21.5 Å². The zero-order chi connectivity index (χ0) is 17.3. The highest BCUT2D eigenvalue weighted by molar-refractivity contribution is 9.10. The number of carboxylic acid groups (broad SMARTS) is 1. The molecular formula is C17H10BrClN2O3. The molecule has 5 nitrogen and oxygen atoms in total. The monoisotopic (exact) mass is 404 g/mol. The fourth-order valence-corrected chi connectivity index (χ4v) is 2.83. The van der Waals surface area contributed by atoms with Crippen molar-refractivity contribution in [1.82, 2.24) is 9.97 Å². The standard InChI is InChI=1S/C17H10BrClN2O3/c18-11-3-1-2-9(6-11)7-13(19)15-20-14-8-10(17(23)24)4-5-12(14)16(22)21-15/h1-8H,(H,23,24)(H,20,21,22)/b13-7-. The van der Waals surface area contributed by atoms with E-state index in [1.54, 1.807) is 6.08 Å². The van der Waals surface area contributed by atoms with Gasteiger partial charge in [-0.05, 0) is 42.0 Å². The molecule has 2 N–H and O–H groups in total. The lowest BCUT2D eigenvalue weighted by Gasteiger charge is -2.03. The number of benzene rings is 2. The number of rotatable bonds is 3. The van der Waals surface area contributed by atoms with E-state index in [4.69, 9.17) is 16.7 Å².